The Labute approximate surface area is 141 Å². The predicted octanol–water partition coefficient (Wildman–Crippen LogP) is 3.35. The monoisotopic (exact) mass is 350 g/mol. The van der Waals surface area contributed by atoms with Crippen LogP contribution in [0.5, 0.6) is 0 Å². The summed E-state index contributed by atoms with van der Waals surface area (Å²) in [6.07, 6.45) is 1.41. The average molecular weight is 350 g/mol. The third kappa shape index (κ3) is 4.55. The third-order valence-electron chi connectivity index (χ3n) is 3.21. The number of hydrogen-bond acceptors (Lipinski definition) is 3. The van der Waals surface area contributed by atoms with Crippen LogP contribution in [-0.4, -0.2) is 24.9 Å². The van der Waals surface area contributed by atoms with E-state index < -0.39 is 21.4 Å². The van der Waals surface area contributed by atoms with Crippen LogP contribution in [0, 0.1) is 11.0 Å². The summed E-state index contributed by atoms with van der Waals surface area (Å²) in [4.78, 5) is 0.0529. The molecule has 0 aliphatic rings. The van der Waals surface area contributed by atoms with Crippen molar-refractivity contribution in [3.05, 3.63) is 65.1 Å². The number of benzene rings is 2. The van der Waals surface area contributed by atoms with Crippen molar-refractivity contribution in [1.29, 1.82) is 0 Å². The number of halogens is 1. The molecule has 0 unspecified atom stereocenters. The SMILES string of the molecule is CC(C)(C)/[N+]([O-])=C/c1ccc(S(=O)(=O)Nc2ccc(F)cc2)cc1. The van der Waals surface area contributed by atoms with Gasteiger partial charge in [0.05, 0.1) is 4.90 Å². The van der Waals surface area contributed by atoms with Gasteiger partial charge in [-0.1, -0.05) is 0 Å². The lowest BCUT2D eigenvalue weighted by molar-refractivity contribution is -0.530. The van der Waals surface area contributed by atoms with Gasteiger partial charge in [0.15, 0.2) is 11.8 Å². The molecule has 0 aliphatic heterocycles. The minimum Gasteiger partial charge on any atom is -0.623 e. The number of anilines is 1. The first-order valence-corrected chi connectivity index (χ1v) is 8.76. The van der Waals surface area contributed by atoms with Crippen LogP contribution in [0.1, 0.15) is 26.3 Å². The Morgan fingerprint density at radius 2 is 1.58 bits per heavy atom. The van der Waals surface area contributed by atoms with Crippen molar-refractivity contribution in [2.45, 2.75) is 31.2 Å². The summed E-state index contributed by atoms with van der Waals surface area (Å²) in [6.45, 7) is 5.34. The summed E-state index contributed by atoms with van der Waals surface area (Å²) in [6, 6.07) is 11.0. The lowest BCUT2D eigenvalue weighted by Crippen LogP contribution is -2.29. The highest BCUT2D eigenvalue weighted by Gasteiger charge is 2.18. The first-order valence-electron chi connectivity index (χ1n) is 7.28. The number of nitrogens with zero attached hydrogens (tertiary/aromatic N) is 1. The van der Waals surface area contributed by atoms with Gasteiger partial charge in [0, 0.05) is 32.0 Å². The maximum atomic E-state index is 12.9. The maximum absolute atomic E-state index is 12.9. The first-order chi connectivity index (χ1) is 11.1. The molecule has 5 nitrogen and oxygen atoms in total. The molecule has 2 rings (SSSR count). The van der Waals surface area contributed by atoms with E-state index >= 15 is 0 Å². The number of rotatable bonds is 4. The highest BCUT2D eigenvalue weighted by atomic mass is 32.2. The van der Waals surface area contributed by atoms with E-state index in [9.17, 15) is 18.0 Å². The molecule has 24 heavy (non-hydrogen) atoms. The molecule has 0 spiro atoms. The summed E-state index contributed by atoms with van der Waals surface area (Å²) >= 11 is 0. The molecule has 0 aromatic heterocycles. The lowest BCUT2D eigenvalue weighted by atomic mass is 10.1. The highest BCUT2D eigenvalue weighted by molar-refractivity contribution is 7.92. The van der Waals surface area contributed by atoms with Gasteiger partial charge in [0.1, 0.15) is 5.82 Å². The van der Waals surface area contributed by atoms with E-state index in [0.717, 1.165) is 4.74 Å². The average Bonchev–Trinajstić information content (AvgIpc) is 2.49. The Hall–Kier alpha value is -2.41. The largest absolute Gasteiger partial charge is 0.623 e. The zero-order chi connectivity index (χ0) is 18.0. The van der Waals surface area contributed by atoms with Crippen LogP contribution >= 0.6 is 0 Å². The van der Waals surface area contributed by atoms with Crippen molar-refractivity contribution in [3.8, 4) is 0 Å². The maximum Gasteiger partial charge on any atom is 0.261 e. The molecule has 0 heterocycles. The van der Waals surface area contributed by atoms with Gasteiger partial charge in [0.25, 0.3) is 10.0 Å². The Balaban J connectivity index is 2.21. The van der Waals surface area contributed by atoms with Crippen LogP contribution in [-0.2, 0) is 10.0 Å². The molecule has 2 aromatic carbocycles. The van der Waals surface area contributed by atoms with Crippen LogP contribution in [0.25, 0.3) is 0 Å². The second-order valence-corrected chi connectivity index (χ2v) is 7.99. The van der Waals surface area contributed by atoms with Crippen LogP contribution in [0.4, 0.5) is 10.1 Å². The number of sulfonamides is 1. The smallest absolute Gasteiger partial charge is 0.261 e. The van der Waals surface area contributed by atoms with Gasteiger partial charge in [-0.25, -0.2) is 17.5 Å². The summed E-state index contributed by atoms with van der Waals surface area (Å²) in [5.41, 5.74) is 0.292. The minimum absolute atomic E-state index is 0.0529. The number of hydrogen-bond donors (Lipinski definition) is 1. The second-order valence-electron chi connectivity index (χ2n) is 6.31. The molecule has 0 bridgehead atoms. The van der Waals surface area contributed by atoms with E-state index in [4.69, 9.17) is 0 Å². The van der Waals surface area contributed by atoms with E-state index in [-0.39, 0.29) is 10.6 Å². The van der Waals surface area contributed by atoms with Gasteiger partial charge in [0.2, 0.25) is 0 Å². The Morgan fingerprint density at radius 1 is 1.04 bits per heavy atom. The van der Waals surface area contributed by atoms with Crippen LogP contribution in [0.15, 0.2) is 53.4 Å². The van der Waals surface area contributed by atoms with Gasteiger partial charge in [-0.15, -0.1) is 0 Å². The minimum atomic E-state index is -3.78. The summed E-state index contributed by atoms with van der Waals surface area (Å²) in [5.74, 6) is -0.446. The fourth-order valence-electron chi connectivity index (χ4n) is 1.79. The van der Waals surface area contributed by atoms with Gasteiger partial charge < -0.3 is 5.21 Å². The number of hydroxylamine groups is 1. The first kappa shape index (κ1) is 17.9. The highest BCUT2D eigenvalue weighted by Crippen LogP contribution is 2.17. The van der Waals surface area contributed by atoms with Gasteiger partial charge >= 0.3 is 0 Å². The lowest BCUT2D eigenvalue weighted by Gasteiger charge is -2.18. The van der Waals surface area contributed by atoms with Crippen LogP contribution in [0.2, 0.25) is 0 Å². The Kier molecular flexibility index (Phi) is 4.94. The topological polar surface area (TPSA) is 72.2 Å². The summed E-state index contributed by atoms with van der Waals surface area (Å²) in [5, 5.41) is 11.9. The van der Waals surface area contributed by atoms with E-state index in [1.807, 2.05) is 0 Å². The molecule has 0 aliphatic carbocycles. The zero-order valence-electron chi connectivity index (χ0n) is 13.7. The molecule has 0 radical (unpaired) electrons. The zero-order valence-corrected chi connectivity index (χ0v) is 14.5. The third-order valence-corrected chi connectivity index (χ3v) is 4.61. The normalized spacial score (nSPS) is 12.9. The Morgan fingerprint density at radius 3 is 2.08 bits per heavy atom. The standard InChI is InChI=1S/C17H19FN2O3S/c1-17(2,3)20(21)12-13-4-10-16(11-5-13)24(22,23)19-15-8-6-14(18)7-9-15/h4-12,19H,1-3H3/b20-12-. The molecule has 0 fully saturated rings. The number of nitrogens with one attached hydrogen (secondary N) is 1. The molecule has 7 heteroatoms. The van der Waals surface area contributed by atoms with Crippen molar-refractivity contribution in [2.75, 3.05) is 4.72 Å². The van der Waals surface area contributed by atoms with Crippen molar-refractivity contribution in [1.82, 2.24) is 0 Å². The Bertz CT molecular complexity index is 837. The fraction of sp³-hybridized carbons (Fsp3) is 0.235. The van der Waals surface area contributed by atoms with E-state index in [1.54, 1.807) is 32.9 Å². The van der Waals surface area contributed by atoms with Crippen molar-refractivity contribution in [2.24, 2.45) is 0 Å². The van der Waals surface area contributed by atoms with Crippen molar-refractivity contribution in [3.63, 3.8) is 0 Å². The van der Waals surface area contributed by atoms with Gasteiger partial charge in [-0.2, -0.15) is 0 Å². The van der Waals surface area contributed by atoms with Gasteiger partial charge in [-0.05, 0) is 48.5 Å². The summed E-state index contributed by atoms with van der Waals surface area (Å²) < 4.78 is 40.6. The van der Waals surface area contributed by atoms with E-state index in [2.05, 4.69) is 4.72 Å². The molecule has 2 aromatic rings. The van der Waals surface area contributed by atoms with Crippen molar-refractivity contribution < 1.29 is 17.5 Å². The molecule has 0 amide bonds. The molecule has 0 saturated carbocycles. The molecule has 0 atom stereocenters. The van der Waals surface area contributed by atoms with Crippen LogP contribution in [0.3, 0.4) is 0 Å². The molecular weight excluding hydrogens is 331 g/mol. The fourth-order valence-corrected chi connectivity index (χ4v) is 2.85. The second kappa shape index (κ2) is 6.60. The quantitative estimate of drug-likeness (QED) is 0.398. The molecule has 0 saturated heterocycles. The van der Waals surface area contributed by atoms with Crippen LogP contribution < -0.4 is 4.72 Å². The van der Waals surface area contributed by atoms with Gasteiger partial charge in [-0.3, -0.25) is 4.72 Å². The van der Waals surface area contributed by atoms with E-state index in [1.165, 1.54) is 42.6 Å². The summed E-state index contributed by atoms with van der Waals surface area (Å²) in [7, 11) is -3.78. The predicted molar refractivity (Wildman–Crippen MR) is 92.2 cm³/mol. The molecule has 1 N–H and O–H groups in total. The molecule has 128 valence electrons. The molecular formula is C17H19FN2O3S. The van der Waals surface area contributed by atoms with Crippen molar-refractivity contribution >= 4 is 21.9 Å². The van der Waals surface area contributed by atoms with E-state index in [0.29, 0.717) is 5.56 Å².